The Hall–Kier alpha value is -1.62. The van der Waals surface area contributed by atoms with Gasteiger partial charge in [0.25, 0.3) is 5.56 Å². The molecule has 0 radical (unpaired) electrons. The maximum absolute atomic E-state index is 12.4. The summed E-state index contributed by atoms with van der Waals surface area (Å²) in [5.74, 6) is -0.398. The van der Waals surface area contributed by atoms with Crippen LogP contribution in [0.2, 0.25) is 5.02 Å². The third kappa shape index (κ3) is 3.58. The maximum atomic E-state index is 12.4. The van der Waals surface area contributed by atoms with Gasteiger partial charge in [0, 0.05) is 6.20 Å². The van der Waals surface area contributed by atoms with Gasteiger partial charge in [-0.2, -0.15) is 5.26 Å². The van der Waals surface area contributed by atoms with Crippen LogP contribution in [0.1, 0.15) is 6.42 Å². The molecule has 22 heavy (non-hydrogen) atoms. The molecule has 0 aromatic carbocycles. The number of nitrogens with one attached hydrogen (secondary N) is 2. The predicted octanol–water partition coefficient (Wildman–Crippen LogP) is 1.27. The van der Waals surface area contributed by atoms with Crippen molar-refractivity contribution in [3.63, 3.8) is 0 Å². The van der Waals surface area contributed by atoms with Crippen LogP contribution < -0.4 is 16.2 Å². The zero-order valence-corrected chi connectivity index (χ0v) is 12.9. The summed E-state index contributed by atoms with van der Waals surface area (Å²) in [4.78, 5) is 23.8. The van der Waals surface area contributed by atoms with Crippen molar-refractivity contribution in [3.05, 3.63) is 27.6 Å². The van der Waals surface area contributed by atoms with Crippen molar-refractivity contribution >= 4 is 34.8 Å². The average Bonchev–Trinajstić information content (AvgIpc) is 2.85. The van der Waals surface area contributed by atoms with Gasteiger partial charge in [-0.15, -0.1) is 11.6 Å². The summed E-state index contributed by atoms with van der Waals surface area (Å²) < 4.78 is 13.5. The van der Waals surface area contributed by atoms with Crippen LogP contribution in [0.4, 0.5) is 10.1 Å². The minimum atomic E-state index is -0.727. The third-order valence-corrected chi connectivity index (χ3v) is 4.00. The lowest BCUT2D eigenvalue weighted by atomic mass is 10.2. The van der Waals surface area contributed by atoms with Crippen LogP contribution in [0.15, 0.2) is 17.1 Å². The average molecular weight is 347 g/mol. The van der Waals surface area contributed by atoms with Gasteiger partial charge in [0.2, 0.25) is 5.91 Å². The Morgan fingerprint density at radius 3 is 2.95 bits per heavy atom. The molecule has 0 bridgehead atoms. The zero-order chi connectivity index (χ0) is 16.3. The Bertz CT molecular complexity index is 673. The zero-order valence-electron chi connectivity index (χ0n) is 11.4. The first-order valence-electron chi connectivity index (χ1n) is 6.52. The van der Waals surface area contributed by atoms with Crippen LogP contribution in [0.5, 0.6) is 0 Å². The number of amides is 1. The molecule has 1 fully saturated rings. The number of hydrogen-bond acceptors (Lipinski definition) is 4. The number of nitriles is 1. The molecule has 3 unspecified atom stereocenters. The first-order valence-corrected chi connectivity index (χ1v) is 7.34. The molecule has 9 heteroatoms. The van der Waals surface area contributed by atoms with E-state index in [0.29, 0.717) is 6.42 Å². The highest BCUT2D eigenvalue weighted by molar-refractivity contribution is 6.30. The van der Waals surface area contributed by atoms with Crippen LogP contribution in [-0.4, -0.2) is 34.6 Å². The summed E-state index contributed by atoms with van der Waals surface area (Å²) >= 11 is 11.7. The van der Waals surface area contributed by atoms with Gasteiger partial charge in [-0.3, -0.25) is 14.9 Å². The van der Waals surface area contributed by atoms with Gasteiger partial charge in [-0.05, 0) is 12.5 Å². The smallest absolute Gasteiger partial charge is 0.269 e. The summed E-state index contributed by atoms with van der Waals surface area (Å²) in [6.45, 7) is -0.875. The van der Waals surface area contributed by atoms with Crippen molar-refractivity contribution in [2.45, 2.75) is 30.4 Å². The Balaban J connectivity index is 2.13. The van der Waals surface area contributed by atoms with Crippen LogP contribution in [0.25, 0.3) is 0 Å². The molecule has 1 aliphatic heterocycles. The van der Waals surface area contributed by atoms with E-state index in [1.165, 1.54) is 12.3 Å². The van der Waals surface area contributed by atoms with E-state index >= 15 is 0 Å². The molecule has 1 aromatic rings. The van der Waals surface area contributed by atoms with Gasteiger partial charge in [-0.25, -0.2) is 4.39 Å². The molecule has 2 heterocycles. The van der Waals surface area contributed by atoms with E-state index in [-0.39, 0.29) is 17.3 Å². The molecule has 0 saturated carbocycles. The summed E-state index contributed by atoms with van der Waals surface area (Å²) in [7, 11) is 0. The van der Waals surface area contributed by atoms with Gasteiger partial charge >= 0.3 is 0 Å². The molecule has 118 valence electrons. The van der Waals surface area contributed by atoms with E-state index in [1.807, 2.05) is 6.07 Å². The van der Waals surface area contributed by atoms with Crippen LogP contribution in [0, 0.1) is 11.3 Å². The molecule has 2 N–H and O–H groups in total. The van der Waals surface area contributed by atoms with Gasteiger partial charge in [-0.1, -0.05) is 11.6 Å². The monoisotopic (exact) mass is 346 g/mol. The summed E-state index contributed by atoms with van der Waals surface area (Å²) in [5, 5.41) is 13.7. The van der Waals surface area contributed by atoms with Crippen molar-refractivity contribution in [1.82, 2.24) is 9.88 Å². The van der Waals surface area contributed by atoms with Crippen molar-refractivity contribution in [1.29, 1.82) is 5.26 Å². The number of aryl methyl sites for hydroxylation is 1. The SMILES string of the molecule is N#CC1NC(C(=O)Nc2cc(Cl)c(=O)n(CCF)c2)CC1Cl. The molecule has 2 rings (SSSR count). The van der Waals surface area contributed by atoms with Crippen molar-refractivity contribution in [2.75, 3.05) is 12.0 Å². The van der Waals surface area contributed by atoms with E-state index in [2.05, 4.69) is 10.6 Å². The number of nitrogens with zero attached hydrogens (tertiary/aromatic N) is 2. The van der Waals surface area contributed by atoms with E-state index < -0.39 is 35.6 Å². The normalized spacial score (nSPS) is 24.0. The predicted molar refractivity (Wildman–Crippen MR) is 80.9 cm³/mol. The Morgan fingerprint density at radius 1 is 1.64 bits per heavy atom. The number of carbonyl (C=O) groups excluding carboxylic acids is 1. The van der Waals surface area contributed by atoms with Crippen LogP contribution in [-0.2, 0) is 11.3 Å². The molecule has 6 nitrogen and oxygen atoms in total. The first-order chi connectivity index (χ1) is 10.5. The molecular formula is C13H13Cl2FN4O2. The minimum absolute atomic E-state index is 0.115. The lowest BCUT2D eigenvalue weighted by Crippen LogP contribution is -2.39. The number of pyridine rings is 1. The second-order valence-electron chi connectivity index (χ2n) is 4.83. The molecule has 1 aromatic heterocycles. The van der Waals surface area contributed by atoms with E-state index in [1.54, 1.807) is 0 Å². The van der Waals surface area contributed by atoms with E-state index in [9.17, 15) is 14.0 Å². The standard InChI is InChI=1S/C13H13Cl2FN4O2/c14-8-4-10(19-11(8)5-17)12(21)18-7-3-9(15)13(22)20(6-7)2-1-16/h3,6,8,10-11,19H,1-2,4H2,(H,18,21). The Kier molecular flexibility index (Phi) is 5.40. The second kappa shape index (κ2) is 7.09. The van der Waals surface area contributed by atoms with Crippen molar-refractivity contribution < 1.29 is 9.18 Å². The van der Waals surface area contributed by atoms with Crippen molar-refractivity contribution in [3.8, 4) is 6.07 Å². The topological polar surface area (TPSA) is 86.9 Å². The van der Waals surface area contributed by atoms with Crippen molar-refractivity contribution in [2.24, 2.45) is 0 Å². The van der Waals surface area contributed by atoms with Gasteiger partial charge in [0.15, 0.2) is 0 Å². The van der Waals surface area contributed by atoms with Gasteiger partial charge in [0.05, 0.1) is 29.7 Å². The molecule has 1 amide bonds. The largest absolute Gasteiger partial charge is 0.323 e. The Morgan fingerprint density at radius 2 is 2.36 bits per heavy atom. The quantitative estimate of drug-likeness (QED) is 0.803. The number of aromatic nitrogens is 1. The molecule has 0 spiro atoms. The molecule has 1 aliphatic rings. The number of rotatable bonds is 4. The maximum Gasteiger partial charge on any atom is 0.269 e. The van der Waals surface area contributed by atoms with E-state index in [0.717, 1.165) is 4.57 Å². The molecule has 0 aliphatic carbocycles. The van der Waals surface area contributed by atoms with E-state index in [4.69, 9.17) is 28.5 Å². The molecule has 3 atom stereocenters. The van der Waals surface area contributed by atoms with Gasteiger partial charge in [0.1, 0.15) is 17.7 Å². The number of halogens is 3. The minimum Gasteiger partial charge on any atom is -0.323 e. The highest BCUT2D eigenvalue weighted by atomic mass is 35.5. The lowest BCUT2D eigenvalue weighted by Gasteiger charge is -2.13. The fraction of sp³-hybridized carbons (Fsp3) is 0.462. The second-order valence-corrected chi connectivity index (χ2v) is 5.80. The first kappa shape index (κ1) is 16.7. The molecule has 1 saturated heterocycles. The summed E-state index contributed by atoms with van der Waals surface area (Å²) in [6.07, 6.45) is 1.63. The summed E-state index contributed by atoms with van der Waals surface area (Å²) in [5.41, 5.74) is -0.252. The number of carbonyl (C=O) groups is 1. The third-order valence-electron chi connectivity index (χ3n) is 3.29. The highest BCUT2D eigenvalue weighted by Crippen LogP contribution is 2.20. The van der Waals surface area contributed by atoms with Crippen LogP contribution >= 0.6 is 23.2 Å². The van der Waals surface area contributed by atoms with Crippen LogP contribution in [0.3, 0.4) is 0 Å². The summed E-state index contributed by atoms with van der Waals surface area (Å²) in [6, 6.07) is 2.06. The number of anilines is 1. The fourth-order valence-electron chi connectivity index (χ4n) is 2.21. The molecular weight excluding hydrogens is 334 g/mol. The Labute approximate surface area is 135 Å². The lowest BCUT2D eigenvalue weighted by molar-refractivity contribution is -0.117. The highest BCUT2D eigenvalue weighted by Gasteiger charge is 2.36. The fourth-order valence-corrected chi connectivity index (χ4v) is 2.74. The van der Waals surface area contributed by atoms with Gasteiger partial charge < -0.3 is 9.88 Å². The number of hydrogen-bond donors (Lipinski definition) is 2. The number of alkyl halides is 2.